The van der Waals surface area contributed by atoms with Crippen LogP contribution in [-0.4, -0.2) is 71.3 Å². The molecule has 3 N–H and O–H groups in total. The van der Waals surface area contributed by atoms with Crippen LogP contribution in [0, 0.1) is 11.8 Å². The third kappa shape index (κ3) is 5.51. The predicted molar refractivity (Wildman–Crippen MR) is 178 cm³/mol. The van der Waals surface area contributed by atoms with E-state index in [0.717, 1.165) is 73.3 Å². The van der Waals surface area contributed by atoms with Crippen molar-refractivity contribution < 1.29 is 23.1 Å². The Bertz CT molecular complexity index is 2100. The Balaban J connectivity index is 1.14. The fourth-order valence-electron chi connectivity index (χ4n) is 7.65. The van der Waals surface area contributed by atoms with E-state index in [2.05, 4.69) is 21.0 Å². The topological polar surface area (TPSA) is 138 Å². The second kappa shape index (κ2) is 11.9. The third-order valence-electron chi connectivity index (χ3n) is 10.5. The molecule has 12 nitrogen and oxygen atoms in total. The first kappa shape index (κ1) is 31.4. The lowest BCUT2D eigenvalue weighted by Gasteiger charge is -2.37. The molecule has 49 heavy (non-hydrogen) atoms. The van der Waals surface area contributed by atoms with Gasteiger partial charge in [-0.2, -0.15) is 13.9 Å². The number of pyridine rings is 1. The maximum absolute atomic E-state index is 13.9. The number of carbonyl (C=O) groups excluding carboxylic acids is 2. The van der Waals surface area contributed by atoms with Crippen molar-refractivity contribution in [2.24, 2.45) is 24.6 Å². The van der Waals surface area contributed by atoms with Gasteiger partial charge in [-0.15, -0.1) is 0 Å². The molecule has 5 heterocycles. The maximum Gasteiger partial charge on any atom is 0.333 e. The van der Waals surface area contributed by atoms with Gasteiger partial charge in [-0.05, 0) is 81.2 Å². The van der Waals surface area contributed by atoms with E-state index < -0.39 is 18.5 Å². The second-order valence-electron chi connectivity index (χ2n) is 13.8. The fraction of sp³-hybridized carbons (Fsp3) is 0.457. The molecule has 4 aromatic heterocycles. The molecule has 3 fully saturated rings. The first-order valence-corrected chi connectivity index (χ1v) is 16.8. The van der Waals surface area contributed by atoms with Crippen molar-refractivity contribution in [2.75, 3.05) is 13.7 Å². The molecule has 2 amide bonds. The number of halogens is 2. The maximum atomic E-state index is 13.9. The minimum atomic E-state index is -2.83. The predicted octanol–water partition coefficient (Wildman–Crippen LogP) is 5.04. The number of carbonyl (C=O) groups is 2. The van der Waals surface area contributed by atoms with E-state index in [4.69, 9.17) is 20.4 Å². The van der Waals surface area contributed by atoms with Gasteiger partial charge in [0, 0.05) is 49.4 Å². The van der Waals surface area contributed by atoms with Crippen molar-refractivity contribution in [2.45, 2.75) is 70.2 Å². The molecule has 0 spiro atoms. The molecular weight excluding hydrogens is 632 g/mol. The number of nitrogens with two attached hydrogens (primary N) is 1. The van der Waals surface area contributed by atoms with Crippen molar-refractivity contribution in [1.29, 1.82) is 0 Å². The number of nitrogens with one attached hydrogen (secondary N) is 1. The lowest BCUT2D eigenvalue weighted by atomic mass is 9.94. The summed E-state index contributed by atoms with van der Waals surface area (Å²) in [4.78, 5) is 38.7. The van der Waals surface area contributed by atoms with Gasteiger partial charge >= 0.3 is 6.55 Å². The summed E-state index contributed by atoms with van der Waals surface area (Å²) in [6.45, 7) is 0.291. The van der Waals surface area contributed by atoms with Gasteiger partial charge in [-0.3, -0.25) is 9.59 Å². The van der Waals surface area contributed by atoms with Gasteiger partial charge in [0.2, 0.25) is 0 Å². The first-order valence-electron chi connectivity index (χ1n) is 16.8. The summed E-state index contributed by atoms with van der Waals surface area (Å²) in [6.07, 6.45) is 7.40. The highest BCUT2D eigenvalue weighted by Gasteiger charge is 2.41. The van der Waals surface area contributed by atoms with E-state index in [1.807, 2.05) is 40.8 Å². The van der Waals surface area contributed by atoms with Crippen LogP contribution in [0.4, 0.5) is 8.78 Å². The van der Waals surface area contributed by atoms with Crippen molar-refractivity contribution >= 4 is 33.9 Å². The number of alkyl halides is 2. The monoisotopic (exact) mass is 671 g/mol. The van der Waals surface area contributed by atoms with E-state index in [0.29, 0.717) is 51.4 Å². The summed E-state index contributed by atoms with van der Waals surface area (Å²) in [6, 6.07) is 9.28. The van der Waals surface area contributed by atoms with Crippen molar-refractivity contribution in [3.63, 3.8) is 0 Å². The number of rotatable bonds is 9. The normalized spacial score (nSPS) is 21.2. The number of methoxy groups -OCH3 is 1. The lowest BCUT2D eigenvalue weighted by Crippen LogP contribution is -2.51. The molecule has 1 aromatic carbocycles. The van der Waals surface area contributed by atoms with Crippen LogP contribution in [0.1, 0.15) is 78.0 Å². The molecule has 0 unspecified atom stereocenters. The molecule has 3 aliphatic rings. The van der Waals surface area contributed by atoms with E-state index in [-0.39, 0.29) is 23.6 Å². The van der Waals surface area contributed by atoms with Crippen LogP contribution in [0.15, 0.2) is 42.7 Å². The van der Waals surface area contributed by atoms with Crippen LogP contribution in [0.3, 0.4) is 0 Å². The average molecular weight is 672 g/mol. The van der Waals surface area contributed by atoms with Gasteiger partial charge in [0.15, 0.2) is 5.82 Å². The van der Waals surface area contributed by atoms with Gasteiger partial charge < -0.3 is 29.8 Å². The van der Waals surface area contributed by atoms with Gasteiger partial charge in [0.25, 0.3) is 11.8 Å². The lowest BCUT2D eigenvalue weighted by molar-refractivity contribution is 0.0564. The highest BCUT2D eigenvalue weighted by molar-refractivity contribution is 6.00. The molecule has 2 bridgehead atoms. The SMILES string of the molecule is COc1cc(C(=O)N2C[C@H](N)[C@@H]3CC[C@H]2C3)cc2nc(-c3cc4ccc([C@@H](C)NC(=O)c5cnn(C(F)F)c5)nc4n3CC3CC3)n(C)c12. The van der Waals surface area contributed by atoms with Gasteiger partial charge in [-0.1, -0.05) is 0 Å². The van der Waals surface area contributed by atoms with Crippen molar-refractivity contribution in [3.8, 4) is 17.3 Å². The summed E-state index contributed by atoms with van der Waals surface area (Å²) in [5, 5.41) is 7.33. The Morgan fingerprint density at radius 2 is 1.92 bits per heavy atom. The number of imidazole rings is 1. The zero-order valence-corrected chi connectivity index (χ0v) is 27.6. The number of fused-ring (bicyclic) bond motifs is 4. The molecule has 14 heteroatoms. The molecule has 2 saturated carbocycles. The Kier molecular flexibility index (Phi) is 7.65. The summed E-state index contributed by atoms with van der Waals surface area (Å²) in [5.74, 6) is 1.73. The highest BCUT2D eigenvalue weighted by Crippen LogP contribution is 2.40. The Labute approximate surface area is 281 Å². The fourth-order valence-corrected chi connectivity index (χ4v) is 7.65. The summed E-state index contributed by atoms with van der Waals surface area (Å²) >= 11 is 0. The molecule has 1 aliphatic heterocycles. The summed E-state index contributed by atoms with van der Waals surface area (Å²) in [5.41, 5.74) is 10.7. The number of hydrogen-bond donors (Lipinski definition) is 2. The number of piperidine rings is 1. The van der Waals surface area contributed by atoms with Gasteiger partial charge in [0.05, 0.1) is 41.8 Å². The van der Waals surface area contributed by atoms with Gasteiger partial charge in [0.1, 0.15) is 16.9 Å². The van der Waals surface area contributed by atoms with E-state index in [1.165, 1.54) is 0 Å². The highest BCUT2D eigenvalue weighted by atomic mass is 19.3. The van der Waals surface area contributed by atoms with Crippen molar-refractivity contribution in [3.05, 3.63) is 59.5 Å². The smallest absolute Gasteiger partial charge is 0.333 e. The number of amides is 2. The number of ether oxygens (including phenoxy) is 1. The number of aromatic nitrogens is 6. The minimum absolute atomic E-state index is 0.00501. The van der Waals surface area contributed by atoms with E-state index in [9.17, 15) is 18.4 Å². The molecular formula is C35H39F2N9O3. The van der Waals surface area contributed by atoms with Crippen LogP contribution in [0.2, 0.25) is 0 Å². The molecule has 2 aliphatic carbocycles. The summed E-state index contributed by atoms with van der Waals surface area (Å²) in [7, 11) is 3.55. The number of aryl methyl sites for hydroxylation is 1. The first-order chi connectivity index (χ1) is 23.6. The summed E-state index contributed by atoms with van der Waals surface area (Å²) < 4.78 is 36.4. The standard InChI is InChI=1S/C35H39F2N9O3/c1-18(40-33(47)23-14-39-46(16-23)35(36)37)26-9-7-21-12-28(45(31(21)41-26)15-19-4-5-19)32-42-27-11-22(13-29(49-3)30(27)43(32)2)34(48)44-17-25(38)20-6-8-24(44)10-20/h7,9,11-14,16,18-20,24-25,35H,4-6,8,10,15,17,38H2,1-3H3,(H,40,47)/t18-,20-,24+,25+/m1/s1. The molecule has 4 atom stereocenters. The zero-order valence-electron chi connectivity index (χ0n) is 27.6. The number of nitrogens with zero attached hydrogens (tertiary/aromatic N) is 7. The largest absolute Gasteiger partial charge is 0.494 e. The molecule has 8 rings (SSSR count). The number of likely N-dealkylation sites (tertiary alicyclic amines) is 1. The zero-order chi connectivity index (χ0) is 34.1. The Morgan fingerprint density at radius 1 is 1.10 bits per heavy atom. The van der Waals surface area contributed by atoms with Crippen LogP contribution < -0.4 is 15.8 Å². The molecule has 5 aromatic rings. The quantitative estimate of drug-likeness (QED) is 0.224. The van der Waals surface area contributed by atoms with Crippen LogP contribution >= 0.6 is 0 Å². The average Bonchev–Trinajstić information content (AvgIpc) is 3.42. The van der Waals surface area contributed by atoms with E-state index >= 15 is 0 Å². The number of benzene rings is 1. The van der Waals surface area contributed by atoms with E-state index in [1.54, 1.807) is 14.0 Å². The molecule has 256 valence electrons. The Morgan fingerprint density at radius 3 is 2.65 bits per heavy atom. The van der Waals surface area contributed by atoms with Crippen LogP contribution in [0.25, 0.3) is 33.6 Å². The molecule has 0 radical (unpaired) electrons. The Hall–Kier alpha value is -4.85. The molecule has 1 saturated heterocycles. The third-order valence-corrected chi connectivity index (χ3v) is 10.5. The van der Waals surface area contributed by atoms with Gasteiger partial charge in [-0.25, -0.2) is 14.6 Å². The van der Waals surface area contributed by atoms with Crippen molar-refractivity contribution in [1.82, 2.24) is 39.1 Å². The van der Waals surface area contributed by atoms with Crippen LogP contribution in [-0.2, 0) is 13.6 Å². The second-order valence-corrected chi connectivity index (χ2v) is 13.8. The number of hydrogen-bond acceptors (Lipinski definition) is 7. The minimum Gasteiger partial charge on any atom is -0.494 e. The van der Waals surface area contributed by atoms with Crippen LogP contribution in [0.5, 0.6) is 5.75 Å².